The summed E-state index contributed by atoms with van der Waals surface area (Å²) in [6.07, 6.45) is 8.63. The molecule has 0 aromatic rings. The van der Waals surface area contributed by atoms with E-state index in [1.165, 1.54) is 33.4 Å². The van der Waals surface area contributed by atoms with Crippen LogP contribution in [0.4, 0.5) is 0 Å². The molecule has 0 unspecified atom stereocenters. The molecule has 0 bridgehead atoms. The summed E-state index contributed by atoms with van der Waals surface area (Å²) < 4.78 is 0. The normalized spacial score (nSPS) is 17.1. The summed E-state index contributed by atoms with van der Waals surface area (Å²) in [6.45, 7) is 17.5. The topological polar surface area (TPSA) is 0 Å². The first-order valence-electron chi connectivity index (χ1n) is 7.16. The monoisotopic (exact) mass is 362 g/mol. The van der Waals surface area contributed by atoms with E-state index in [0.29, 0.717) is 0 Å². The van der Waals surface area contributed by atoms with E-state index in [0.717, 1.165) is 12.8 Å². The van der Waals surface area contributed by atoms with Gasteiger partial charge in [0.1, 0.15) is 0 Å². The molecule has 2 rings (SSSR count). The van der Waals surface area contributed by atoms with Crippen molar-refractivity contribution in [1.82, 2.24) is 0 Å². The van der Waals surface area contributed by atoms with Crippen molar-refractivity contribution in [1.29, 1.82) is 0 Å². The molecule has 0 spiro atoms. The van der Waals surface area contributed by atoms with E-state index in [2.05, 4.69) is 66.8 Å². The van der Waals surface area contributed by atoms with Crippen LogP contribution in [-0.2, 0) is 23.3 Å². The molecule has 0 aromatic carbocycles. The zero-order valence-electron chi connectivity index (χ0n) is 14.4. The molecule has 0 atom stereocenters. The fraction of sp³-hybridized carbons (Fsp3) is 0.556. The molecule has 2 heteroatoms. The van der Waals surface area contributed by atoms with Crippen LogP contribution in [0.15, 0.2) is 33.4 Å². The number of hydrogen-bond acceptors (Lipinski definition) is 0. The molecule has 2 aliphatic carbocycles. The Bertz CT molecular complexity index is 433. The van der Waals surface area contributed by atoms with Crippen LogP contribution in [0, 0.1) is 12.2 Å². The van der Waals surface area contributed by atoms with Crippen LogP contribution in [0.25, 0.3) is 0 Å². The van der Waals surface area contributed by atoms with Crippen LogP contribution in [0.5, 0.6) is 0 Å². The zero-order chi connectivity index (χ0) is 15.9. The molecule has 108 valence electrons. The van der Waals surface area contributed by atoms with Crippen molar-refractivity contribution in [2.24, 2.45) is 0 Å². The minimum atomic E-state index is 0.210. The summed E-state index contributed by atoms with van der Waals surface area (Å²) >= 11 is 1.74. The van der Waals surface area contributed by atoms with Crippen molar-refractivity contribution in [3.8, 4) is 0 Å². The predicted molar refractivity (Wildman–Crippen MR) is 88.3 cm³/mol. The number of allylic oxidation sites excluding steroid dienone is 8. The van der Waals surface area contributed by atoms with Gasteiger partial charge in [0.15, 0.2) is 0 Å². The Kier molecular flexibility index (Phi) is 9.93. The van der Waals surface area contributed by atoms with E-state index in [-0.39, 0.29) is 5.43 Å². The summed E-state index contributed by atoms with van der Waals surface area (Å²) in [5.74, 6) is 0. The van der Waals surface area contributed by atoms with E-state index >= 15 is 0 Å². The van der Waals surface area contributed by atoms with Gasteiger partial charge in [0.25, 0.3) is 0 Å². The number of hydrogen-bond donors (Lipinski definition) is 0. The maximum absolute atomic E-state index is 3.26. The van der Waals surface area contributed by atoms with Crippen molar-refractivity contribution in [3.63, 3.8) is 0 Å². The first-order chi connectivity index (χ1) is 9.16. The molecule has 2 aliphatic rings. The quantitative estimate of drug-likeness (QED) is 0.380. The fourth-order valence-electron chi connectivity index (χ4n) is 1.70. The second kappa shape index (κ2) is 9.90. The summed E-state index contributed by atoms with van der Waals surface area (Å²) in [4.78, 5) is 0. The molecule has 0 fully saturated rings. The Labute approximate surface area is 141 Å². The van der Waals surface area contributed by atoms with Crippen LogP contribution >= 0.6 is 0 Å². The molecule has 0 nitrogen and oxygen atoms in total. The fourth-order valence-corrected chi connectivity index (χ4v) is 1.70. The molecule has 0 heterocycles. The van der Waals surface area contributed by atoms with Crippen molar-refractivity contribution >= 4 is 5.43 Å². The van der Waals surface area contributed by atoms with Gasteiger partial charge in [-0.1, -0.05) is 27.7 Å². The van der Waals surface area contributed by atoms with Crippen molar-refractivity contribution < 1.29 is 23.3 Å². The van der Waals surface area contributed by atoms with Crippen molar-refractivity contribution in [2.75, 3.05) is 0 Å². The third kappa shape index (κ3) is 7.74. The maximum atomic E-state index is 3.26. The van der Waals surface area contributed by atoms with Crippen LogP contribution in [0.2, 0.25) is 13.1 Å². The summed E-state index contributed by atoms with van der Waals surface area (Å²) in [5.41, 5.74) is 8.70. The predicted octanol–water partition coefficient (Wildman–Crippen LogP) is 5.74. The zero-order valence-corrected chi connectivity index (χ0v) is 17.9. The van der Waals surface area contributed by atoms with Gasteiger partial charge in [-0.3, -0.25) is 12.2 Å². The average Bonchev–Trinajstić information content (AvgIpc) is 2.80. The number of rotatable bonds is 0. The van der Waals surface area contributed by atoms with Gasteiger partial charge in [-0.2, -0.15) is 22.3 Å². The molecule has 0 saturated carbocycles. The van der Waals surface area contributed by atoms with Gasteiger partial charge in [0.2, 0.25) is 0 Å². The molecule has 0 amide bonds. The van der Waals surface area contributed by atoms with Crippen LogP contribution in [0.1, 0.15) is 54.4 Å². The minimum absolute atomic E-state index is 0.210. The first kappa shape index (κ1) is 20.1. The SMILES string of the molecule is CC1=[C-]CC(C)=C1C.CC1=[C-]CC(C)=C1C.C[Si](C)=[Zr+2]. The van der Waals surface area contributed by atoms with E-state index in [1.807, 2.05) is 0 Å². The van der Waals surface area contributed by atoms with E-state index in [1.54, 1.807) is 23.3 Å². The van der Waals surface area contributed by atoms with Gasteiger partial charge >= 0.3 is 41.9 Å². The van der Waals surface area contributed by atoms with Gasteiger partial charge < -0.3 is 0 Å². The van der Waals surface area contributed by atoms with Crippen LogP contribution in [0.3, 0.4) is 0 Å². The standard InChI is InChI=1S/2C8H11.C2H6Si.Zr/c2*1-6-4-5-7(2)8(6)3;1-3-2;/h2*4H2,1-3H3;1-2H3;/q2*-1;;+2. The molecule has 0 saturated heterocycles. The van der Waals surface area contributed by atoms with Gasteiger partial charge in [-0.15, -0.1) is 26.7 Å². The molecule has 0 aliphatic heterocycles. The third-order valence-electron chi connectivity index (χ3n) is 3.64. The van der Waals surface area contributed by atoms with Crippen molar-refractivity contribution in [3.05, 3.63) is 45.6 Å². The molecule has 20 heavy (non-hydrogen) atoms. The van der Waals surface area contributed by atoms with Gasteiger partial charge in [-0.25, -0.2) is 11.1 Å². The Balaban J connectivity index is 0.000000289. The Morgan fingerprint density at radius 1 is 0.750 bits per heavy atom. The summed E-state index contributed by atoms with van der Waals surface area (Å²) in [7, 11) is 0. The van der Waals surface area contributed by atoms with Gasteiger partial charge in [0.05, 0.1) is 0 Å². The first-order valence-corrected chi connectivity index (χ1v) is 13.4. The van der Waals surface area contributed by atoms with Gasteiger partial charge in [-0.05, 0) is 0 Å². The van der Waals surface area contributed by atoms with E-state index in [9.17, 15) is 0 Å². The Morgan fingerprint density at radius 2 is 1.00 bits per heavy atom. The van der Waals surface area contributed by atoms with E-state index in [4.69, 9.17) is 0 Å². The molecular formula is C18H28SiZr. The van der Waals surface area contributed by atoms with Gasteiger partial charge in [0, 0.05) is 0 Å². The molecular weight excluding hydrogens is 336 g/mol. The van der Waals surface area contributed by atoms with E-state index < -0.39 is 0 Å². The van der Waals surface area contributed by atoms with Crippen LogP contribution in [-0.4, -0.2) is 5.43 Å². The summed E-state index contributed by atoms with van der Waals surface area (Å²) in [6, 6.07) is 0. The molecule has 0 N–H and O–H groups in total. The second-order valence-electron chi connectivity index (χ2n) is 5.77. The summed E-state index contributed by atoms with van der Waals surface area (Å²) in [5, 5.41) is 0. The van der Waals surface area contributed by atoms with Crippen molar-refractivity contribution in [2.45, 2.75) is 67.5 Å². The third-order valence-corrected chi connectivity index (χ3v) is 3.64. The molecule has 0 aromatic heterocycles. The Morgan fingerprint density at radius 3 is 1.05 bits per heavy atom. The molecule has 0 radical (unpaired) electrons. The Hall–Kier alpha value is 0.0600. The van der Waals surface area contributed by atoms with Crippen LogP contribution < -0.4 is 0 Å². The average molecular weight is 364 g/mol. The second-order valence-corrected chi connectivity index (χ2v) is 15.1.